The lowest BCUT2D eigenvalue weighted by atomic mass is 9.87. The summed E-state index contributed by atoms with van der Waals surface area (Å²) in [5.41, 5.74) is 1.30. The highest BCUT2D eigenvalue weighted by Crippen LogP contribution is 2.29. The Morgan fingerprint density at radius 3 is 2.57 bits per heavy atom. The molecule has 3 saturated heterocycles. The average Bonchev–Trinajstić information content (AvgIpc) is 2.81. The fourth-order valence-electron chi connectivity index (χ4n) is 5.54. The second-order valence-electron chi connectivity index (χ2n) is 9.52. The minimum absolute atomic E-state index is 0.104. The van der Waals surface area contributed by atoms with Crippen LogP contribution in [0.1, 0.15) is 50.5 Å². The van der Waals surface area contributed by atoms with E-state index in [0.717, 1.165) is 45.6 Å². The molecule has 3 aliphatic heterocycles. The van der Waals surface area contributed by atoms with E-state index in [-0.39, 0.29) is 11.8 Å². The lowest BCUT2D eigenvalue weighted by Gasteiger charge is -2.47. The van der Waals surface area contributed by atoms with Crippen LogP contribution < -0.4 is 5.32 Å². The summed E-state index contributed by atoms with van der Waals surface area (Å²) in [6.07, 6.45) is 12.0. The van der Waals surface area contributed by atoms with Crippen LogP contribution in [0.25, 0.3) is 0 Å². The Morgan fingerprint density at radius 2 is 1.77 bits per heavy atom. The molecule has 2 atom stereocenters. The van der Waals surface area contributed by atoms with Gasteiger partial charge in [0.05, 0.1) is 5.92 Å². The van der Waals surface area contributed by atoms with Crippen LogP contribution in [-0.4, -0.2) is 84.0 Å². The molecule has 6 heteroatoms. The summed E-state index contributed by atoms with van der Waals surface area (Å²) < 4.78 is 0. The molecule has 0 radical (unpaired) electrons. The van der Waals surface area contributed by atoms with Gasteiger partial charge in [-0.2, -0.15) is 0 Å². The van der Waals surface area contributed by atoms with Crippen molar-refractivity contribution in [1.29, 1.82) is 0 Å². The first-order valence-corrected chi connectivity index (χ1v) is 12.0. The highest BCUT2D eigenvalue weighted by atomic mass is 16.1. The summed E-state index contributed by atoms with van der Waals surface area (Å²) in [7, 11) is 2.23. The van der Waals surface area contributed by atoms with Gasteiger partial charge < -0.3 is 10.2 Å². The maximum Gasteiger partial charge on any atom is 0.224 e. The summed E-state index contributed by atoms with van der Waals surface area (Å²) in [5.74, 6) is 0.386. The maximum absolute atomic E-state index is 13.1. The molecule has 1 amide bonds. The number of amides is 1. The Kier molecular flexibility index (Phi) is 7.74. The third-order valence-electron chi connectivity index (χ3n) is 7.43. The topological polar surface area (TPSA) is 51.7 Å². The van der Waals surface area contributed by atoms with Crippen molar-refractivity contribution < 1.29 is 4.79 Å². The molecular formula is C24H39N5O. The third-order valence-corrected chi connectivity index (χ3v) is 7.43. The molecule has 0 aromatic carbocycles. The molecule has 3 aliphatic rings. The van der Waals surface area contributed by atoms with Crippen LogP contribution in [0.2, 0.25) is 0 Å². The van der Waals surface area contributed by atoms with Gasteiger partial charge in [0.15, 0.2) is 0 Å². The molecule has 0 saturated carbocycles. The van der Waals surface area contributed by atoms with Crippen molar-refractivity contribution in [3.05, 3.63) is 30.1 Å². The third kappa shape index (κ3) is 5.59. The van der Waals surface area contributed by atoms with Gasteiger partial charge in [-0.25, -0.2) is 0 Å². The zero-order chi connectivity index (χ0) is 20.8. The standard InChI is InChI=1S/C24H39N5O/c1-27-15-8-21(9-16-27)28-17-10-22-23(19-28)29(18-20-6-12-25-13-7-20)14-5-3-2-4-11-26-24(22)30/h6-7,12-13,21-23H,2-5,8-11,14-19H2,1H3,(H,26,30)/t22-,23+/m0/s1. The molecule has 4 heterocycles. The Morgan fingerprint density at radius 1 is 1.00 bits per heavy atom. The van der Waals surface area contributed by atoms with Crippen molar-refractivity contribution in [1.82, 2.24) is 25.0 Å². The second-order valence-corrected chi connectivity index (χ2v) is 9.52. The molecule has 4 rings (SSSR count). The molecule has 1 aromatic heterocycles. The summed E-state index contributed by atoms with van der Waals surface area (Å²) in [4.78, 5) is 25.1. The fourth-order valence-corrected chi connectivity index (χ4v) is 5.54. The van der Waals surface area contributed by atoms with E-state index in [4.69, 9.17) is 0 Å². The van der Waals surface area contributed by atoms with Crippen LogP contribution in [0.15, 0.2) is 24.5 Å². The fraction of sp³-hybridized carbons (Fsp3) is 0.750. The van der Waals surface area contributed by atoms with Crippen molar-refractivity contribution in [2.75, 3.05) is 46.3 Å². The molecule has 0 spiro atoms. The summed E-state index contributed by atoms with van der Waals surface area (Å²) in [6.45, 7) is 7.30. The summed E-state index contributed by atoms with van der Waals surface area (Å²) >= 11 is 0. The van der Waals surface area contributed by atoms with Crippen molar-refractivity contribution in [3.63, 3.8) is 0 Å². The van der Waals surface area contributed by atoms with Crippen LogP contribution in [0, 0.1) is 5.92 Å². The predicted octanol–water partition coefficient (Wildman–Crippen LogP) is 2.36. The first kappa shape index (κ1) is 21.7. The Balaban J connectivity index is 1.53. The lowest BCUT2D eigenvalue weighted by molar-refractivity contribution is -0.130. The van der Waals surface area contributed by atoms with E-state index in [0.29, 0.717) is 12.1 Å². The van der Waals surface area contributed by atoms with Gasteiger partial charge in [0.25, 0.3) is 0 Å². The Hall–Kier alpha value is -1.50. The van der Waals surface area contributed by atoms with Gasteiger partial charge in [-0.15, -0.1) is 0 Å². The summed E-state index contributed by atoms with van der Waals surface area (Å²) in [6, 6.07) is 5.21. The van der Waals surface area contributed by atoms with Gasteiger partial charge in [-0.1, -0.05) is 12.8 Å². The molecule has 30 heavy (non-hydrogen) atoms. The number of nitrogens with zero attached hydrogens (tertiary/aromatic N) is 4. The van der Waals surface area contributed by atoms with Crippen molar-refractivity contribution in [2.24, 2.45) is 5.92 Å². The van der Waals surface area contributed by atoms with Crippen molar-refractivity contribution >= 4 is 5.91 Å². The van der Waals surface area contributed by atoms with E-state index in [1.165, 1.54) is 50.8 Å². The predicted molar refractivity (Wildman–Crippen MR) is 120 cm³/mol. The molecule has 0 aliphatic carbocycles. The van der Waals surface area contributed by atoms with Gasteiger partial charge in [-0.3, -0.25) is 19.6 Å². The number of rotatable bonds is 3. The van der Waals surface area contributed by atoms with Crippen LogP contribution in [0.5, 0.6) is 0 Å². The van der Waals surface area contributed by atoms with E-state index < -0.39 is 0 Å². The van der Waals surface area contributed by atoms with E-state index in [1.807, 2.05) is 12.4 Å². The number of nitrogens with one attached hydrogen (secondary N) is 1. The zero-order valence-electron chi connectivity index (χ0n) is 18.6. The average molecular weight is 414 g/mol. The Labute approximate surface area is 182 Å². The minimum atomic E-state index is 0.104. The number of carbonyl (C=O) groups is 1. The molecule has 6 nitrogen and oxygen atoms in total. The van der Waals surface area contributed by atoms with Gasteiger partial charge >= 0.3 is 0 Å². The van der Waals surface area contributed by atoms with Crippen molar-refractivity contribution in [3.8, 4) is 0 Å². The minimum Gasteiger partial charge on any atom is -0.356 e. The highest BCUT2D eigenvalue weighted by Gasteiger charge is 2.39. The number of aromatic nitrogens is 1. The number of hydrogen-bond acceptors (Lipinski definition) is 5. The van der Waals surface area contributed by atoms with Gasteiger partial charge in [-0.05, 0) is 83.0 Å². The number of piperidine rings is 2. The molecule has 0 unspecified atom stereocenters. The normalized spacial score (nSPS) is 29.0. The molecular weight excluding hydrogens is 374 g/mol. The van der Waals surface area contributed by atoms with Gasteiger partial charge in [0, 0.05) is 44.1 Å². The van der Waals surface area contributed by atoms with Crippen molar-refractivity contribution in [2.45, 2.75) is 63.6 Å². The van der Waals surface area contributed by atoms with Crippen LogP contribution >= 0.6 is 0 Å². The lowest BCUT2D eigenvalue weighted by Crippen LogP contribution is -2.59. The number of likely N-dealkylation sites (tertiary alicyclic amines) is 2. The van der Waals surface area contributed by atoms with E-state index in [9.17, 15) is 4.79 Å². The molecule has 3 fully saturated rings. The smallest absolute Gasteiger partial charge is 0.224 e. The SMILES string of the molecule is CN1CCC(N2CC[C@@H]3C(=O)NCCCCCCN(Cc4ccncc4)[C@@H]3C2)CC1. The number of hydrogen-bond donors (Lipinski definition) is 1. The monoisotopic (exact) mass is 413 g/mol. The molecule has 166 valence electrons. The van der Waals surface area contributed by atoms with Crippen LogP contribution in [0.4, 0.5) is 0 Å². The van der Waals surface area contributed by atoms with Gasteiger partial charge in [0.1, 0.15) is 0 Å². The maximum atomic E-state index is 13.1. The Bertz CT molecular complexity index is 661. The molecule has 0 bridgehead atoms. The molecule has 1 aromatic rings. The summed E-state index contributed by atoms with van der Waals surface area (Å²) in [5, 5.41) is 3.26. The van der Waals surface area contributed by atoms with E-state index >= 15 is 0 Å². The van der Waals surface area contributed by atoms with Gasteiger partial charge in [0.2, 0.25) is 5.91 Å². The largest absolute Gasteiger partial charge is 0.356 e. The zero-order valence-corrected chi connectivity index (χ0v) is 18.6. The first-order chi connectivity index (χ1) is 14.7. The highest BCUT2D eigenvalue weighted by molar-refractivity contribution is 5.79. The number of pyridine rings is 1. The van der Waals surface area contributed by atoms with Crippen LogP contribution in [-0.2, 0) is 11.3 Å². The second kappa shape index (κ2) is 10.7. The quantitative estimate of drug-likeness (QED) is 0.824. The number of carbonyl (C=O) groups excluding carboxylic acids is 1. The number of fused-ring (bicyclic) bond motifs is 1. The van der Waals surface area contributed by atoms with Crippen LogP contribution in [0.3, 0.4) is 0 Å². The molecule has 1 N–H and O–H groups in total. The first-order valence-electron chi connectivity index (χ1n) is 12.0. The van der Waals surface area contributed by atoms with E-state index in [2.05, 4.69) is 44.2 Å². The van der Waals surface area contributed by atoms with E-state index in [1.54, 1.807) is 0 Å².